The van der Waals surface area contributed by atoms with Crippen LogP contribution in [0.5, 0.6) is 0 Å². The van der Waals surface area contributed by atoms with Crippen molar-refractivity contribution in [1.29, 1.82) is 0 Å². The standard InChI is InChI=1S/C17H22ClN3O2/c1-20(2)10-17(23)5-6-21(11-17)9-13-8-16(22)14-7-12(18)3-4-15(14)19-13/h3-4,7-8,23H,5-6,9-11H2,1-2H3,(H,19,22). The van der Waals surface area contributed by atoms with E-state index in [0.29, 0.717) is 30.0 Å². The number of benzene rings is 1. The largest absolute Gasteiger partial charge is 0.387 e. The molecule has 1 aromatic heterocycles. The van der Waals surface area contributed by atoms with E-state index in [-0.39, 0.29) is 5.43 Å². The number of fused-ring (bicyclic) bond motifs is 1. The van der Waals surface area contributed by atoms with E-state index >= 15 is 0 Å². The lowest BCUT2D eigenvalue weighted by molar-refractivity contribution is 0.0239. The van der Waals surface area contributed by atoms with Gasteiger partial charge in [0.25, 0.3) is 0 Å². The Hall–Kier alpha value is -1.40. The summed E-state index contributed by atoms with van der Waals surface area (Å²) in [4.78, 5) is 19.7. The summed E-state index contributed by atoms with van der Waals surface area (Å²) in [5.74, 6) is 0. The SMILES string of the molecule is CN(C)CC1(O)CCN(Cc2cc(=O)c3cc(Cl)ccc3[nH]2)C1. The van der Waals surface area contributed by atoms with Crippen molar-refractivity contribution in [1.82, 2.24) is 14.8 Å². The van der Waals surface area contributed by atoms with Crippen LogP contribution in [0.4, 0.5) is 0 Å². The Kier molecular flexibility index (Phi) is 4.47. The number of hydrogen-bond donors (Lipinski definition) is 2. The molecule has 2 N–H and O–H groups in total. The number of H-pyrrole nitrogens is 1. The number of likely N-dealkylation sites (tertiary alicyclic amines) is 1. The van der Waals surface area contributed by atoms with Crippen LogP contribution < -0.4 is 5.43 Å². The van der Waals surface area contributed by atoms with E-state index in [0.717, 1.165) is 24.2 Å². The van der Waals surface area contributed by atoms with Crippen molar-refractivity contribution in [2.45, 2.75) is 18.6 Å². The molecule has 0 radical (unpaired) electrons. The molecule has 124 valence electrons. The predicted octanol–water partition coefficient (Wildman–Crippen LogP) is 1.68. The summed E-state index contributed by atoms with van der Waals surface area (Å²) < 4.78 is 0. The first-order valence-corrected chi connectivity index (χ1v) is 8.13. The molecule has 3 rings (SSSR count). The van der Waals surface area contributed by atoms with Crippen molar-refractivity contribution in [3.8, 4) is 0 Å². The van der Waals surface area contributed by atoms with E-state index < -0.39 is 5.60 Å². The molecule has 5 nitrogen and oxygen atoms in total. The van der Waals surface area contributed by atoms with Crippen molar-refractivity contribution >= 4 is 22.5 Å². The highest BCUT2D eigenvalue weighted by Crippen LogP contribution is 2.23. The van der Waals surface area contributed by atoms with Gasteiger partial charge in [-0.2, -0.15) is 0 Å². The highest BCUT2D eigenvalue weighted by atomic mass is 35.5. The first-order valence-electron chi connectivity index (χ1n) is 7.76. The quantitative estimate of drug-likeness (QED) is 0.892. The summed E-state index contributed by atoms with van der Waals surface area (Å²) in [6.45, 7) is 2.72. The van der Waals surface area contributed by atoms with Crippen LogP contribution in [0.15, 0.2) is 29.1 Å². The summed E-state index contributed by atoms with van der Waals surface area (Å²) in [7, 11) is 3.93. The molecule has 0 aliphatic carbocycles. The number of likely N-dealkylation sites (N-methyl/N-ethyl adjacent to an activating group) is 1. The van der Waals surface area contributed by atoms with E-state index in [2.05, 4.69) is 9.88 Å². The summed E-state index contributed by atoms with van der Waals surface area (Å²) in [6, 6.07) is 6.91. The number of aromatic amines is 1. The van der Waals surface area contributed by atoms with Gasteiger partial charge in [0.15, 0.2) is 5.43 Å². The minimum atomic E-state index is -0.672. The lowest BCUT2D eigenvalue weighted by Gasteiger charge is -2.26. The molecule has 0 amide bonds. The maximum atomic E-state index is 12.2. The van der Waals surface area contributed by atoms with Crippen LogP contribution in [-0.4, -0.2) is 59.2 Å². The summed E-state index contributed by atoms with van der Waals surface area (Å²) >= 11 is 5.95. The molecule has 1 aromatic carbocycles. The number of β-amino-alcohol motifs (C(OH)–C–C–N with tert-alkyl or cyclic N) is 1. The average Bonchev–Trinajstić information content (AvgIpc) is 2.79. The average molecular weight is 336 g/mol. The van der Waals surface area contributed by atoms with Crippen molar-refractivity contribution < 1.29 is 5.11 Å². The van der Waals surface area contributed by atoms with E-state index in [1.807, 2.05) is 25.1 Å². The third-order valence-corrected chi connectivity index (χ3v) is 4.50. The highest BCUT2D eigenvalue weighted by molar-refractivity contribution is 6.31. The van der Waals surface area contributed by atoms with Crippen molar-refractivity contribution in [2.24, 2.45) is 0 Å². The number of aliphatic hydroxyl groups is 1. The number of aromatic nitrogens is 1. The van der Waals surface area contributed by atoms with Crippen LogP contribution >= 0.6 is 11.6 Å². The van der Waals surface area contributed by atoms with Gasteiger partial charge >= 0.3 is 0 Å². The molecular weight excluding hydrogens is 314 g/mol. The monoisotopic (exact) mass is 335 g/mol. The van der Waals surface area contributed by atoms with Crippen LogP contribution in [0.3, 0.4) is 0 Å². The first kappa shape index (κ1) is 16.5. The van der Waals surface area contributed by atoms with Crippen LogP contribution in [0.2, 0.25) is 5.02 Å². The van der Waals surface area contributed by atoms with Gasteiger partial charge in [-0.15, -0.1) is 0 Å². The first-order chi connectivity index (χ1) is 10.8. The fraction of sp³-hybridized carbons (Fsp3) is 0.471. The minimum absolute atomic E-state index is 0.0287. The maximum Gasteiger partial charge on any atom is 0.189 e. The molecule has 1 aliphatic rings. The Morgan fingerprint density at radius 1 is 1.39 bits per heavy atom. The molecule has 2 aromatic rings. The Balaban J connectivity index is 1.78. The Morgan fingerprint density at radius 3 is 2.91 bits per heavy atom. The molecule has 1 atom stereocenters. The van der Waals surface area contributed by atoms with E-state index in [9.17, 15) is 9.90 Å². The van der Waals surface area contributed by atoms with Crippen molar-refractivity contribution in [3.63, 3.8) is 0 Å². The van der Waals surface area contributed by atoms with Gasteiger partial charge in [0.2, 0.25) is 0 Å². The second-order valence-corrected chi connectivity index (χ2v) is 7.21. The third-order valence-electron chi connectivity index (χ3n) is 4.26. The number of nitrogens with zero attached hydrogens (tertiary/aromatic N) is 2. The second kappa shape index (κ2) is 6.24. The lowest BCUT2D eigenvalue weighted by atomic mass is 10.0. The van der Waals surface area contributed by atoms with Gasteiger partial charge in [0, 0.05) is 53.9 Å². The minimum Gasteiger partial charge on any atom is -0.387 e. The summed E-state index contributed by atoms with van der Waals surface area (Å²) in [5, 5.41) is 11.8. The van der Waals surface area contributed by atoms with Crippen molar-refractivity contribution in [2.75, 3.05) is 33.7 Å². The summed E-state index contributed by atoms with van der Waals surface area (Å²) in [5.41, 5.74) is 0.950. The number of nitrogens with one attached hydrogen (secondary N) is 1. The molecule has 0 saturated carbocycles. The maximum absolute atomic E-state index is 12.2. The highest BCUT2D eigenvalue weighted by Gasteiger charge is 2.36. The van der Waals surface area contributed by atoms with Crippen LogP contribution in [-0.2, 0) is 6.54 Å². The van der Waals surface area contributed by atoms with Crippen LogP contribution in [0, 0.1) is 0 Å². The molecule has 1 unspecified atom stereocenters. The van der Waals surface area contributed by atoms with Gasteiger partial charge in [-0.1, -0.05) is 11.6 Å². The van der Waals surface area contributed by atoms with Gasteiger partial charge in [0.1, 0.15) is 0 Å². The van der Waals surface area contributed by atoms with Gasteiger partial charge in [-0.05, 0) is 38.7 Å². The van der Waals surface area contributed by atoms with Crippen molar-refractivity contribution in [3.05, 3.63) is 45.2 Å². The van der Waals surface area contributed by atoms with E-state index in [4.69, 9.17) is 11.6 Å². The van der Waals surface area contributed by atoms with Gasteiger partial charge in [-0.3, -0.25) is 9.69 Å². The number of rotatable bonds is 4. The normalized spacial score (nSPS) is 22.3. The zero-order chi connectivity index (χ0) is 16.6. The van der Waals surface area contributed by atoms with Crippen LogP contribution in [0.25, 0.3) is 10.9 Å². The third kappa shape index (κ3) is 3.75. The summed E-state index contributed by atoms with van der Waals surface area (Å²) in [6.07, 6.45) is 0.749. The predicted molar refractivity (Wildman–Crippen MR) is 93.0 cm³/mol. The molecule has 1 saturated heterocycles. The van der Waals surface area contributed by atoms with Crippen LogP contribution in [0.1, 0.15) is 12.1 Å². The number of halogens is 1. The molecule has 0 spiro atoms. The fourth-order valence-electron chi connectivity index (χ4n) is 3.39. The van der Waals surface area contributed by atoms with E-state index in [1.165, 1.54) is 0 Å². The van der Waals surface area contributed by atoms with Gasteiger partial charge in [0.05, 0.1) is 5.60 Å². The molecule has 1 aliphatic heterocycles. The van der Waals surface area contributed by atoms with Gasteiger partial charge < -0.3 is 15.0 Å². The zero-order valence-electron chi connectivity index (χ0n) is 13.5. The molecule has 23 heavy (non-hydrogen) atoms. The van der Waals surface area contributed by atoms with E-state index in [1.54, 1.807) is 18.2 Å². The molecule has 0 bridgehead atoms. The second-order valence-electron chi connectivity index (χ2n) is 6.77. The molecule has 6 heteroatoms. The molecule has 2 heterocycles. The number of pyridine rings is 1. The fourth-order valence-corrected chi connectivity index (χ4v) is 3.57. The smallest absolute Gasteiger partial charge is 0.189 e. The molecular formula is C17H22ClN3O2. The Bertz CT molecular complexity index is 774. The molecule has 1 fully saturated rings. The Labute approximate surface area is 140 Å². The Morgan fingerprint density at radius 2 is 2.17 bits per heavy atom. The lowest BCUT2D eigenvalue weighted by Crippen LogP contribution is -2.42. The van der Waals surface area contributed by atoms with Gasteiger partial charge in [-0.25, -0.2) is 0 Å². The zero-order valence-corrected chi connectivity index (χ0v) is 14.2. The topological polar surface area (TPSA) is 59.6 Å². The number of hydrogen-bond acceptors (Lipinski definition) is 4.